The highest BCUT2D eigenvalue weighted by molar-refractivity contribution is 6.08. The number of allylic oxidation sites excluding steroid dienone is 7. The van der Waals surface area contributed by atoms with Crippen molar-refractivity contribution in [2.75, 3.05) is 24.5 Å². The molecule has 2 aliphatic heterocycles. The summed E-state index contributed by atoms with van der Waals surface area (Å²) >= 11 is 0. The number of nitrogens with zero attached hydrogens (tertiary/aromatic N) is 2. The Bertz CT molecular complexity index is 2720. The molecule has 5 nitrogen and oxygen atoms in total. The largest absolute Gasteiger partial charge is 0.457 e. The minimum atomic E-state index is -0.186. The molecule has 3 aliphatic rings. The van der Waals surface area contributed by atoms with Crippen molar-refractivity contribution in [2.24, 2.45) is 0 Å². The molecule has 324 valence electrons. The monoisotopic (exact) mass is 837 g/mol. The number of hydrogen-bond donors (Lipinski definition) is 1. The standard InChI is InChI=1S/C58H65N3O2/c1-9-11-38-60-49-32-26-42-18-13-15-22-47(42)53(49)57(5,6)51(60)34-28-44-20-17-21-45(55(44)63-46-30-24-41(25-31-46)36-37-59-56(62)40(3)4)29-35-52-58(7,8)54-48-23-16-14-19-43(48)27-33-50(54)61(52)39-12-10-2/h13-16,18-19,22-35H,3,9-12,17,20-21,36-39H2,1-2,4-8H3/p+1. The van der Waals surface area contributed by atoms with Gasteiger partial charge in [-0.05, 0) is 133 Å². The lowest BCUT2D eigenvalue weighted by Gasteiger charge is -2.27. The van der Waals surface area contributed by atoms with Crippen LogP contribution in [0.5, 0.6) is 5.75 Å². The first-order chi connectivity index (χ1) is 30.4. The minimum absolute atomic E-state index is 0.106. The Kier molecular flexibility index (Phi) is 12.8. The zero-order valence-corrected chi connectivity index (χ0v) is 38.7. The Labute approximate surface area is 376 Å². The van der Waals surface area contributed by atoms with Crippen LogP contribution < -0.4 is 15.0 Å². The second-order valence-electron chi connectivity index (χ2n) is 18.8. The van der Waals surface area contributed by atoms with Crippen LogP contribution in [0.1, 0.15) is 110 Å². The van der Waals surface area contributed by atoms with Gasteiger partial charge in [-0.2, -0.15) is 4.58 Å². The topological polar surface area (TPSA) is 44.6 Å². The molecular weight excluding hydrogens is 771 g/mol. The summed E-state index contributed by atoms with van der Waals surface area (Å²) in [5.74, 6) is 1.66. The van der Waals surface area contributed by atoms with Crippen molar-refractivity contribution in [2.45, 2.75) is 111 Å². The van der Waals surface area contributed by atoms with Crippen LogP contribution >= 0.6 is 0 Å². The highest BCUT2D eigenvalue weighted by Gasteiger charge is 2.45. The van der Waals surface area contributed by atoms with E-state index in [1.165, 1.54) is 66.6 Å². The molecule has 0 unspecified atom stereocenters. The van der Waals surface area contributed by atoms with E-state index in [0.717, 1.165) is 81.5 Å². The van der Waals surface area contributed by atoms with Crippen LogP contribution in [0.15, 0.2) is 156 Å². The molecule has 0 saturated carbocycles. The number of unbranched alkanes of at least 4 members (excludes halogenated alkanes) is 2. The first-order valence-electron chi connectivity index (χ1n) is 23.4. The molecule has 1 amide bonds. The van der Waals surface area contributed by atoms with Crippen LogP contribution in [-0.4, -0.2) is 35.8 Å². The second kappa shape index (κ2) is 18.4. The van der Waals surface area contributed by atoms with Gasteiger partial charge in [0.2, 0.25) is 11.6 Å². The first kappa shape index (κ1) is 43.7. The van der Waals surface area contributed by atoms with Gasteiger partial charge in [0.05, 0.1) is 5.41 Å². The second-order valence-corrected chi connectivity index (χ2v) is 18.8. The van der Waals surface area contributed by atoms with Gasteiger partial charge in [0.1, 0.15) is 18.1 Å². The molecule has 5 aromatic rings. The van der Waals surface area contributed by atoms with Crippen molar-refractivity contribution in [1.29, 1.82) is 0 Å². The summed E-state index contributed by atoms with van der Waals surface area (Å²) in [6, 6.07) is 35.3. The van der Waals surface area contributed by atoms with Gasteiger partial charge in [-0.15, -0.1) is 0 Å². The van der Waals surface area contributed by atoms with Gasteiger partial charge in [0.15, 0.2) is 5.71 Å². The van der Waals surface area contributed by atoms with Crippen molar-refractivity contribution >= 4 is 44.5 Å². The Hall–Kier alpha value is -5.94. The van der Waals surface area contributed by atoms with E-state index in [-0.39, 0.29) is 16.7 Å². The fourth-order valence-electron chi connectivity index (χ4n) is 10.2. The fraction of sp³-hybridized carbons (Fsp3) is 0.345. The molecule has 0 saturated heterocycles. The maximum absolute atomic E-state index is 12.1. The van der Waals surface area contributed by atoms with Gasteiger partial charge in [-0.3, -0.25) is 4.79 Å². The molecule has 5 heteroatoms. The van der Waals surface area contributed by atoms with E-state index >= 15 is 0 Å². The molecule has 0 radical (unpaired) electrons. The lowest BCUT2D eigenvalue weighted by atomic mass is 9.78. The van der Waals surface area contributed by atoms with Crippen LogP contribution in [0.2, 0.25) is 0 Å². The summed E-state index contributed by atoms with van der Waals surface area (Å²) < 4.78 is 9.66. The zero-order valence-electron chi connectivity index (χ0n) is 38.7. The number of fused-ring (bicyclic) bond motifs is 6. The van der Waals surface area contributed by atoms with Crippen LogP contribution in [0.4, 0.5) is 11.4 Å². The van der Waals surface area contributed by atoms with Crippen LogP contribution in [0, 0.1) is 0 Å². The van der Waals surface area contributed by atoms with Gasteiger partial charge >= 0.3 is 0 Å². The predicted molar refractivity (Wildman–Crippen MR) is 266 cm³/mol. The van der Waals surface area contributed by atoms with Crippen molar-refractivity contribution in [3.8, 4) is 5.75 Å². The minimum Gasteiger partial charge on any atom is -0.457 e. The van der Waals surface area contributed by atoms with E-state index < -0.39 is 0 Å². The molecular formula is C58H66N3O2+. The number of nitrogens with one attached hydrogen (secondary N) is 1. The molecule has 0 aromatic heterocycles. The average Bonchev–Trinajstić information content (AvgIpc) is 3.64. The summed E-state index contributed by atoms with van der Waals surface area (Å²) in [6.07, 6.45) is 17.7. The van der Waals surface area contributed by atoms with Crippen LogP contribution in [0.25, 0.3) is 21.5 Å². The number of carbonyl (C=O) groups is 1. The molecule has 1 aliphatic carbocycles. The van der Waals surface area contributed by atoms with Crippen LogP contribution in [0.3, 0.4) is 0 Å². The van der Waals surface area contributed by atoms with Crippen molar-refractivity contribution < 1.29 is 14.1 Å². The smallest absolute Gasteiger partial charge is 0.246 e. The zero-order chi connectivity index (χ0) is 44.3. The number of anilines is 1. The molecule has 1 N–H and O–H groups in total. The molecule has 2 heterocycles. The number of carbonyl (C=O) groups excluding carboxylic acids is 1. The van der Waals surface area contributed by atoms with Gasteiger partial charge in [0.25, 0.3) is 0 Å². The Morgan fingerprint density at radius 2 is 1.48 bits per heavy atom. The summed E-state index contributed by atoms with van der Waals surface area (Å²) in [4.78, 5) is 14.7. The fourth-order valence-corrected chi connectivity index (χ4v) is 10.2. The number of amides is 1. The molecule has 0 atom stereocenters. The van der Waals surface area contributed by atoms with E-state index in [0.29, 0.717) is 12.1 Å². The summed E-state index contributed by atoms with van der Waals surface area (Å²) in [5.41, 5.74) is 11.9. The Morgan fingerprint density at radius 3 is 2.17 bits per heavy atom. The normalized spacial score (nSPS) is 18.0. The van der Waals surface area contributed by atoms with Gasteiger partial charge in [-0.1, -0.05) is 120 Å². The molecule has 5 aromatic carbocycles. The van der Waals surface area contributed by atoms with E-state index in [2.05, 4.69) is 184 Å². The highest BCUT2D eigenvalue weighted by Crippen LogP contribution is 2.51. The SMILES string of the molecule is C=C(C)C(=O)NCCc1ccc(OC2=C(/C=C/C3=[N+](CCCC)c4ccc5ccccc5c4C3(C)C)CCC/C2=C\C=C2\N(CCCC)c3ccc4ccccc4c3C2(C)C)cc1. The number of benzene rings is 5. The maximum Gasteiger partial charge on any atom is 0.246 e. The highest BCUT2D eigenvalue weighted by atomic mass is 16.5. The number of ether oxygens (including phenoxy) is 1. The average molecular weight is 837 g/mol. The lowest BCUT2D eigenvalue weighted by Crippen LogP contribution is -2.28. The molecule has 0 fully saturated rings. The van der Waals surface area contributed by atoms with Crippen LogP contribution in [-0.2, 0) is 22.0 Å². The van der Waals surface area contributed by atoms with Crippen molar-refractivity contribution in [3.05, 3.63) is 173 Å². The van der Waals surface area contributed by atoms with E-state index in [9.17, 15) is 4.79 Å². The predicted octanol–water partition coefficient (Wildman–Crippen LogP) is 13.9. The third kappa shape index (κ3) is 8.60. The summed E-state index contributed by atoms with van der Waals surface area (Å²) in [6.45, 7) is 22.2. The first-order valence-corrected chi connectivity index (χ1v) is 23.4. The van der Waals surface area contributed by atoms with E-state index in [1.54, 1.807) is 6.92 Å². The Morgan fingerprint density at radius 1 is 0.794 bits per heavy atom. The quantitative estimate of drug-likeness (QED) is 0.0844. The summed E-state index contributed by atoms with van der Waals surface area (Å²) in [5, 5.41) is 8.21. The Balaban J connectivity index is 1.21. The van der Waals surface area contributed by atoms with Crippen molar-refractivity contribution in [3.63, 3.8) is 0 Å². The number of hydrogen-bond acceptors (Lipinski definition) is 3. The van der Waals surface area contributed by atoms with E-state index in [1.807, 2.05) is 0 Å². The van der Waals surface area contributed by atoms with Gasteiger partial charge in [-0.25, -0.2) is 0 Å². The van der Waals surface area contributed by atoms with Gasteiger partial charge in [0, 0.05) is 59.6 Å². The molecule has 0 bridgehead atoms. The van der Waals surface area contributed by atoms with E-state index in [4.69, 9.17) is 4.74 Å². The third-order valence-electron chi connectivity index (χ3n) is 13.6. The maximum atomic E-state index is 12.1. The number of rotatable bonds is 15. The molecule has 63 heavy (non-hydrogen) atoms. The molecule has 0 spiro atoms. The summed E-state index contributed by atoms with van der Waals surface area (Å²) in [7, 11) is 0. The lowest BCUT2D eigenvalue weighted by molar-refractivity contribution is -0.438. The van der Waals surface area contributed by atoms with Gasteiger partial charge < -0.3 is 15.0 Å². The van der Waals surface area contributed by atoms with Crippen molar-refractivity contribution in [1.82, 2.24) is 5.32 Å². The molecule has 8 rings (SSSR count). The third-order valence-corrected chi connectivity index (χ3v) is 13.6.